The molecule has 0 bridgehead atoms. The van der Waals surface area contributed by atoms with Crippen LogP contribution in [0.4, 0.5) is 0 Å². The van der Waals surface area contributed by atoms with Crippen LogP contribution in [-0.2, 0) is 33.3 Å². The maximum Gasteiger partial charge on any atom is 0.338 e. The predicted octanol–water partition coefficient (Wildman–Crippen LogP) is 1.99. The molecule has 2 heterocycles. The van der Waals surface area contributed by atoms with Gasteiger partial charge >= 0.3 is 17.9 Å². The Morgan fingerprint density at radius 1 is 1.33 bits per heavy atom. The van der Waals surface area contributed by atoms with Crippen molar-refractivity contribution >= 4 is 17.9 Å². The van der Waals surface area contributed by atoms with Gasteiger partial charge in [0.25, 0.3) is 0 Å². The smallest absolute Gasteiger partial charge is 0.338 e. The summed E-state index contributed by atoms with van der Waals surface area (Å²) >= 11 is 0. The van der Waals surface area contributed by atoms with E-state index >= 15 is 0 Å². The molecule has 3 aliphatic rings. The number of hydrogen-bond donors (Lipinski definition) is 1. The van der Waals surface area contributed by atoms with Crippen molar-refractivity contribution < 1.29 is 38.4 Å². The number of ether oxygens (including phenoxy) is 4. The zero-order valence-corrected chi connectivity index (χ0v) is 18.1. The van der Waals surface area contributed by atoms with Gasteiger partial charge in [0, 0.05) is 18.1 Å². The average Bonchev–Trinajstić information content (AvgIpc) is 3.25. The fourth-order valence-corrected chi connectivity index (χ4v) is 4.09. The lowest BCUT2D eigenvalue weighted by atomic mass is 9.82. The third-order valence-electron chi connectivity index (χ3n) is 6.30. The molecular formula is C22H30O8. The summed E-state index contributed by atoms with van der Waals surface area (Å²) in [5.41, 5.74) is 0.523. The number of aliphatic hydroxyl groups is 1. The quantitative estimate of drug-likeness (QED) is 0.317. The number of carbonyl (C=O) groups is 3. The number of rotatable bonds is 4. The number of fused-ring (bicyclic) bond motifs is 3. The molecule has 1 N–H and O–H groups in total. The molecule has 8 nitrogen and oxygen atoms in total. The molecule has 30 heavy (non-hydrogen) atoms. The second kappa shape index (κ2) is 8.51. The molecule has 166 valence electrons. The summed E-state index contributed by atoms with van der Waals surface area (Å²) in [6.07, 6.45) is 0.543. The standard InChI is InChI=1S/C22H30O8/c1-6-11(2)20(25)28-16-9-12(3)15(24)7-8-22(5)19(30-22)18-17(16)14(21(26)29-18)10-27-13(4)23/h6,12,15-16,18-19,24H,7-10H2,1-5H3/b11-6+/t12-,15+,16+,18+,19+,22-/m1/s1. The Hall–Kier alpha value is -2.19. The van der Waals surface area contributed by atoms with E-state index in [1.54, 1.807) is 19.9 Å². The van der Waals surface area contributed by atoms with Crippen LogP contribution in [0.1, 0.15) is 53.9 Å². The highest BCUT2D eigenvalue weighted by atomic mass is 16.6. The molecule has 0 amide bonds. The van der Waals surface area contributed by atoms with E-state index in [0.29, 0.717) is 30.4 Å². The zero-order chi connectivity index (χ0) is 22.2. The number of esters is 3. The van der Waals surface area contributed by atoms with Crippen molar-refractivity contribution in [2.45, 2.75) is 83.9 Å². The van der Waals surface area contributed by atoms with Gasteiger partial charge in [-0.2, -0.15) is 0 Å². The fourth-order valence-electron chi connectivity index (χ4n) is 4.09. The second-order valence-electron chi connectivity index (χ2n) is 8.58. The highest BCUT2D eigenvalue weighted by Gasteiger charge is 2.62. The molecule has 2 aliphatic heterocycles. The van der Waals surface area contributed by atoms with Crippen LogP contribution in [0, 0.1) is 5.92 Å². The van der Waals surface area contributed by atoms with Crippen molar-refractivity contribution in [3.8, 4) is 0 Å². The van der Waals surface area contributed by atoms with Gasteiger partial charge in [-0.1, -0.05) is 13.0 Å². The fraction of sp³-hybridized carbons (Fsp3) is 0.682. The van der Waals surface area contributed by atoms with Crippen LogP contribution in [0.5, 0.6) is 0 Å². The SMILES string of the molecule is C/C=C(\C)C(=O)O[C@H]1C[C@@H](C)[C@@H](O)CC[C@@]2(C)O[C@H]2[C@H]2OC(=O)C(COC(C)=O)=C12. The Labute approximate surface area is 176 Å². The van der Waals surface area contributed by atoms with Crippen molar-refractivity contribution in [3.63, 3.8) is 0 Å². The van der Waals surface area contributed by atoms with Crippen molar-refractivity contribution in [2.75, 3.05) is 6.61 Å². The highest BCUT2D eigenvalue weighted by Crippen LogP contribution is 2.49. The van der Waals surface area contributed by atoms with Crippen LogP contribution in [0.2, 0.25) is 0 Å². The predicted molar refractivity (Wildman–Crippen MR) is 105 cm³/mol. The van der Waals surface area contributed by atoms with Crippen LogP contribution >= 0.6 is 0 Å². The van der Waals surface area contributed by atoms with Crippen LogP contribution in [-0.4, -0.2) is 59.6 Å². The third-order valence-corrected chi connectivity index (χ3v) is 6.30. The molecule has 0 aromatic rings. The lowest BCUT2D eigenvalue weighted by Gasteiger charge is -2.29. The lowest BCUT2D eigenvalue weighted by molar-refractivity contribution is -0.144. The van der Waals surface area contributed by atoms with Gasteiger partial charge < -0.3 is 24.1 Å². The number of allylic oxidation sites excluding steroid dienone is 1. The summed E-state index contributed by atoms with van der Waals surface area (Å²) in [6.45, 7) is 8.15. The molecule has 2 fully saturated rings. The monoisotopic (exact) mass is 422 g/mol. The van der Waals surface area contributed by atoms with Crippen molar-refractivity contribution in [1.82, 2.24) is 0 Å². The summed E-state index contributed by atoms with van der Waals surface area (Å²) in [5, 5.41) is 10.6. The molecule has 6 atom stereocenters. The Kier molecular flexibility index (Phi) is 6.38. The van der Waals surface area contributed by atoms with E-state index in [1.165, 1.54) is 6.92 Å². The van der Waals surface area contributed by atoms with Gasteiger partial charge in [-0.3, -0.25) is 4.79 Å². The molecule has 3 rings (SSSR count). The van der Waals surface area contributed by atoms with Crippen LogP contribution in [0.3, 0.4) is 0 Å². The molecule has 0 aromatic carbocycles. The first kappa shape index (κ1) is 22.5. The van der Waals surface area contributed by atoms with Crippen molar-refractivity contribution in [3.05, 3.63) is 22.8 Å². The van der Waals surface area contributed by atoms with Gasteiger partial charge in [0.1, 0.15) is 18.8 Å². The normalized spacial score (nSPS) is 36.4. The Morgan fingerprint density at radius 3 is 2.67 bits per heavy atom. The number of aliphatic hydroxyl groups excluding tert-OH is 1. The van der Waals surface area contributed by atoms with Gasteiger partial charge in [-0.25, -0.2) is 9.59 Å². The van der Waals surface area contributed by atoms with E-state index in [1.807, 2.05) is 13.8 Å². The molecular weight excluding hydrogens is 392 g/mol. The van der Waals surface area contributed by atoms with Gasteiger partial charge in [0.2, 0.25) is 0 Å². The molecule has 8 heteroatoms. The second-order valence-corrected chi connectivity index (χ2v) is 8.58. The molecule has 0 spiro atoms. The van der Waals surface area contributed by atoms with E-state index in [9.17, 15) is 19.5 Å². The van der Waals surface area contributed by atoms with E-state index < -0.39 is 47.9 Å². The van der Waals surface area contributed by atoms with Gasteiger partial charge in [0.05, 0.1) is 17.3 Å². The molecule has 1 saturated heterocycles. The van der Waals surface area contributed by atoms with Crippen molar-refractivity contribution in [2.24, 2.45) is 5.92 Å². The third kappa shape index (κ3) is 4.44. The van der Waals surface area contributed by atoms with Crippen LogP contribution in [0.25, 0.3) is 0 Å². The molecule has 0 radical (unpaired) electrons. The lowest BCUT2D eigenvalue weighted by Crippen LogP contribution is -2.37. The first-order valence-corrected chi connectivity index (χ1v) is 10.3. The Morgan fingerprint density at radius 2 is 2.03 bits per heavy atom. The van der Waals surface area contributed by atoms with Gasteiger partial charge in [-0.15, -0.1) is 0 Å². The minimum atomic E-state index is -0.814. The topological polar surface area (TPSA) is 112 Å². The van der Waals surface area contributed by atoms with Gasteiger partial charge in [0.15, 0.2) is 6.10 Å². The van der Waals surface area contributed by atoms with Crippen molar-refractivity contribution in [1.29, 1.82) is 0 Å². The van der Waals surface area contributed by atoms with E-state index in [0.717, 1.165) is 0 Å². The zero-order valence-electron chi connectivity index (χ0n) is 18.1. The van der Waals surface area contributed by atoms with E-state index in [2.05, 4.69) is 0 Å². The first-order valence-electron chi connectivity index (χ1n) is 10.3. The number of epoxide rings is 1. The van der Waals surface area contributed by atoms with E-state index in [4.69, 9.17) is 18.9 Å². The summed E-state index contributed by atoms with van der Waals surface area (Å²) in [4.78, 5) is 36.6. The molecule has 0 unspecified atom stereocenters. The first-order chi connectivity index (χ1) is 14.1. The number of carbonyl (C=O) groups excluding carboxylic acids is 3. The molecule has 0 aromatic heterocycles. The number of hydrogen-bond acceptors (Lipinski definition) is 8. The largest absolute Gasteiger partial charge is 0.461 e. The van der Waals surface area contributed by atoms with Gasteiger partial charge in [-0.05, 0) is 46.0 Å². The van der Waals surface area contributed by atoms with Crippen LogP contribution in [0.15, 0.2) is 22.8 Å². The minimum absolute atomic E-state index is 0.172. The highest BCUT2D eigenvalue weighted by molar-refractivity contribution is 5.94. The summed E-state index contributed by atoms with van der Waals surface area (Å²) in [7, 11) is 0. The summed E-state index contributed by atoms with van der Waals surface area (Å²) < 4.78 is 22.4. The van der Waals surface area contributed by atoms with E-state index in [-0.39, 0.29) is 18.1 Å². The molecule has 1 saturated carbocycles. The summed E-state index contributed by atoms with van der Waals surface area (Å²) in [6, 6.07) is 0. The summed E-state index contributed by atoms with van der Waals surface area (Å²) in [5.74, 6) is -1.86. The Bertz CT molecular complexity index is 797. The average molecular weight is 422 g/mol. The van der Waals surface area contributed by atoms with Crippen LogP contribution < -0.4 is 0 Å². The Balaban J connectivity index is 2.04. The maximum absolute atomic E-state index is 12.7. The minimum Gasteiger partial charge on any atom is -0.461 e. The molecule has 1 aliphatic carbocycles. The maximum atomic E-state index is 12.7.